The van der Waals surface area contributed by atoms with Crippen LogP contribution in [0.3, 0.4) is 0 Å². The van der Waals surface area contributed by atoms with Gasteiger partial charge < -0.3 is 4.74 Å². The molecule has 10 rings (SSSR count). The Bertz CT molecular complexity index is 2770. The monoisotopic (exact) mass is 604 g/mol. The van der Waals surface area contributed by atoms with Crippen molar-refractivity contribution in [2.75, 3.05) is 0 Å². The highest BCUT2D eigenvalue weighted by Gasteiger charge is 2.17. The average molecular weight is 605 g/mol. The van der Waals surface area contributed by atoms with E-state index in [0.717, 1.165) is 83.2 Å². The molecule has 6 heterocycles. The van der Waals surface area contributed by atoms with E-state index in [9.17, 15) is 0 Å². The summed E-state index contributed by atoms with van der Waals surface area (Å²) < 4.78 is 10.9. The number of rotatable bonds is 4. The molecular formula is C40H24N6O. The van der Waals surface area contributed by atoms with Crippen molar-refractivity contribution in [2.45, 2.75) is 0 Å². The lowest BCUT2D eigenvalue weighted by molar-refractivity contribution is 0.484. The van der Waals surface area contributed by atoms with Gasteiger partial charge in [0, 0.05) is 51.3 Å². The second-order valence-corrected chi connectivity index (χ2v) is 11.6. The lowest BCUT2D eigenvalue weighted by Gasteiger charge is -2.13. The summed E-state index contributed by atoms with van der Waals surface area (Å²) in [7, 11) is 0. The van der Waals surface area contributed by atoms with Gasteiger partial charge in [-0.2, -0.15) is 0 Å². The van der Waals surface area contributed by atoms with E-state index in [4.69, 9.17) is 24.7 Å². The summed E-state index contributed by atoms with van der Waals surface area (Å²) in [6.45, 7) is 0. The van der Waals surface area contributed by atoms with Crippen LogP contribution in [0.5, 0.6) is 11.5 Å². The fourth-order valence-electron chi connectivity index (χ4n) is 6.78. The van der Waals surface area contributed by atoms with Crippen molar-refractivity contribution in [1.29, 1.82) is 0 Å². The number of hydrogen-bond acceptors (Lipinski definition) is 5. The largest absolute Gasteiger partial charge is 0.457 e. The molecule has 0 radical (unpaired) electrons. The van der Waals surface area contributed by atoms with Crippen molar-refractivity contribution in [3.63, 3.8) is 0 Å². The minimum Gasteiger partial charge on any atom is -0.457 e. The van der Waals surface area contributed by atoms with Crippen molar-refractivity contribution < 1.29 is 4.74 Å². The van der Waals surface area contributed by atoms with Crippen molar-refractivity contribution in [2.24, 2.45) is 0 Å². The number of ether oxygens (including phenoxy) is 1. The van der Waals surface area contributed by atoms with E-state index in [0.29, 0.717) is 5.75 Å². The summed E-state index contributed by atoms with van der Waals surface area (Å²) in [6, 6.07) is 41.0. The van der Waals surface area contributed by atoms with Gasteiger partial charge in [0.15, 0.2) is 0 Å². The molecule has 0 amide bonds. The maximum atomic E-state index is 6.59. The predicted octanol–water partition coefficient (Wildman–Crippen LogP) is 9.51. The molecule has 0 fully saturated rings. The van der Waals surface area contributed by atoms with E-state index in [2.05, 4.69) is 75.7 Å². The highest BCUT2D eigenvalue weighted by molar-refractivity contribution is 6.12. The van der Waals surface area contributed by atoms with Crippen LogP contribution >= 0.6 is 0 Å². The summed E-state index contributed by atoms with van der Waals surface area (Å²) in [5, 5.41) is 5.11. The summed E-state index contributed by atoms with van der Waals surface area (Å²) in [6.07, 6.45) is 7.66. The molecule has 0 spiro atoms. The normalized spacial score (nSPS) is 11.8. The zero-order chi connectivity index (χ0) is 30.9. The van der Waals surface area contributed by atoms with Gasteiger partial charge in [0.2, 0.25) is 0 Å². The molecule has 0 N–H and O–H groups in total. The fraction of sp³-hybridized carbons (Fsp3) is 0. The number of benzene rings is 4. The zero-order valence-corrected chi connectivity index (χ0v) is 24.9. The van der Waals surface area contributed by atoms with Gasteiger partial charge in [-0.3, -0.25) is 13.8 Å². The lowest BCUT2D eigenvalue weighted by atomic mass is 10.1. The topological polar surface area (TPSA) is 69.6 Å². The Kier molecular flexibility index (Phi) is 5.44. The SMILES string of the molecule is c1ccc(-c2cn3c4ncccc4c4ccc(Oc5ccc6c(c5)c5ncc(-c7ccccc7)n5c5cccnc65)cc4c3n2)cc1. The Balaban J connectivity index is 1.15. The van der Waals surface area contributed by atoms with Gasteiger partial charge in [-0.25, -0.2) is 15.0 Å². The Hall–Kier alpha value is -6.60. The number of aromatic nitrogens is 6. The highest BCUT2D eigenvalue weighted by Crippen LogP contribution is 2.37. The van der Waals surface area contributed by atoms with Gasteiger partial charge in [0.25, 0.3) is 0 Å². The van der Waals surface area contributed by atoms with Gasteiger partial charge in [-0.1, -0.05) is 60.7 Å². The standard InChI is InChI=1S/C40H24N6O/c1-3-9-25(10-4-1)34-24-45-38-31(13-7-20-42-38)29-17-15-27(21-32(29)40(45)44-34)47-28-16-18-30-33(22-28)39-43-23-36(26-11-5-2-6-12-26)46(39)35-14-8-19-41-37(30)35/h1-24H. The van der Waals surface area contributed by atoms with Crippen LogP contribution in [0.15, 0.2) is 146 Å². The maximum absolute atomic E-state index is 6.59. The van der Waals surface area contributed by atoms with Crippen LogP contribution in [0.2, 0.25) is 0 Å². The minimum atomic E-state index is 0.713. The van der Waals surface area contributed by atoms with Crippen LogP contribution in [0.4, 0.5) is 0 Å². The van der Waals surface area contributed by atoms with E-state index in [-0.39, 0.29) is 0 Å². The molecule has 0 aliphatic rings. The van der Waals surface area contributed by atoms with Crippen LogP contribution in [-0.4, -0.2) is 28.7 Å². The quantitative estimate of drug-likeness (QED) is 0.187. The maximum Gasteiger partial charge on any atom is 0.147 e. The Morgan fingerprint density at radius 3 is 2.02 bits per heavy atom. The molecule has 0 bridgehead atoms. The number of imidazole rings is 2. The first-order valence-electron chi connectivity index (χ1n) is 15.5. The van der Waals surface area contributed by atoms with Gasteiger partial charge in [0.1, 0.15) is 28.4 Å². The van der Waals surface area contributed by atoms with Crippen LogP contribution < -0.4 is 4.74 Å². The fourth-order valence-corrected chi connectivity index (χ4v) is 6.78. The lowest BCUT2D eigenvalue weighted by Crippen LogP contribution is -1.96. The molecule has 10 aromatic rings. The van der Waals surface area contributed by atoms with Crippen molar-refractivity contribution in [1.82, 2.24) is 28.7 Å². The third-order valence-electron chi connectivity index (χ3n) is 8.89. The summed E-state index contributed by atoms with van der Waals surface area (Å²) in [5.74, 6) is 1.43. The Morgan fingerprint density at radius 1 is 0.511 bits per heavy atom. The second kappa shape index (κ2) is 9.95. The Morgan fingerprint density at radius 2 is 1.21 bits per heavy atom. The van der Waals surface area contributed by atoms with Gasteiger partial charge in [0.05, 0.1) is 28.6 Å². The summed E-state index contributed by atoms with van der Waals surface area (Å²) >= 11 is 0. The first-order valence-corrected chi connectivity index (χ1v) is 15.5. The van der Waals surface area contributed by atoms with Gasteiger partial charge >= 0.3 is 0 Å². The highest BCUT2D eigenvalue weighted by atomic mass is 16.5. The third-order valence-corrected chi connectivity index (χ3v) is 8.89. The molecule has 6 aromatic heterocycles. The predicted molar refractivity (Wildman–Crippen MR) is 187 cm³/mol. The number of pyridine rings is 4. The molecule has 0 saturated carbocycles. The van der Waals surface area contributed by atoms with Crippen LogP contribution in [-0.2, 0) is 0 Å². The van der Waals surface area contributed by atoms with Crippen molar-refractivity contribution in [3.05, 3.63) is 146 Å². The molecule has 0 aliphatic carbocycles. The summed E-state index contributed by atoms with van der Waals surface area (Å²) in [4.78, 5) is 19.5. The number of fused-ring (bicyclic) bond motifs is 12. The molecular weight excluding hydrogens is 580 g/mol. The van der Waals surface area contributed by atoms with E-state index >= 15 is 0 Å². The smallest absolute Gasteiger partial charge is 0.147 e. The first kappa shape index (κ1) is 25.7. The molecule has 0 atom stereocenters. The van der Waals surface area contributed by atoms with E-state index < -0.39 is 0 Å². The minimum absolute atomic E-state index is 0.713. The second-order valence-electron chi connectivity index (χ2n) is 11.6. The summed E-state index contributed by atoms with van der Waals surface area (Å²) in [5.41, 5.74) is 8.54. The van der Waals surface area contributed by atoms with E-state index in [1.54, 1.807) is 0 Å². The van der Waals surface area contributed by atoms with Gasteiger partial charge in [-0.05, 0) is 66.0 Å². The van der Waals surface area contributed by atoms with E-state index in [1.165, 1.54) is 0 Å². The first-order chi connectivity index (χ1) is 23.3. The van der Waals surface area contributed by atoms with E-state index in [1.807, 2.05) is 79.3 Å². The molecule has 47 heavy (non-hydrogen) atoms. The molecule has 7 nitrogen and oxygen atoms in total. The zero-order valence-electron chi connectivity index (χ0n) is 24.9. The number of hydrogen-bond donors (Lipinski definition) is 0. The molecule has 0 aliphatic heterocycles. The average Bonchev–Trinajstić information content (AvgIpc) is 3.79. The van der Waals surface area contributed by atoms with Crippen LogP contribution in [0.25, 0.3) is 77.4 Å². The third kappa shape index (κ3) is 3.93. The molecule has 4 aromatic carbocycles. The molecule has 0 saturated heterocycles. The van der Waals surface area contributed by atoms with Crippen LogP contribution in [0.1, 0.15) is 0 Å². The molecule has 0 unspecified atom stereocenters. The van der Waals surface area contributed by atoms with Crippen LogP contribution in [0, 0.1) is 0 Å². The van der Waals surface area contributed by atoms with Crippen molar-refractivity contribution >= 4 is 54.9 Å². The van der Waals surface area contributed by atoms with Gasteiger partial charge in [-0.15, -0.1) is 0 Å². The molecule has 220 valence electrons. The Labute approximate surface area is 268 Å². The number of nitrogens with zero attached hydrogens (tertiary/aromatic N) is 6. The molecule has 7 heteroatoms. The van der Waals surface area contributed by atoms with Crippen molar-refractivity contribution in [3.8, 4) is 34.0 Å².